The molecule has 0 unspecified atom stereocenters. The van der Waals surface area contributed by atoms with E-state index in [9.17, 15) is 13.2 Å². The maximum absolute atomic E-state index is 12.4. The molecule has 7 heteroatoms. The zero-order valence-corrected chi connectivity index (χ0v) is 12.8. The zero-order chi connectivity index (χ0) is 15.5. The van der Waals surface area contributed by atoms with E-state index in [0.29, 0.717) is 6.54 Å². The fourth-order valence-electron chi connectivity index (χ4n) is 2.36. The van der Waals surface area contributed by atoms with Gasteiger partial charge in [-0.2, -0.15) is 4.31 Å². The van der Waals surface area contributed by atoms with Crippen LogP contribution in [0.15, 0.2) is 29.2 Å². The maximum atomic E-state index is 12.4. The second-order valence-corrected chi connectivity index (χ2v) is 7.25. The molecule has 2 rings (SSSR count). The number of nitrogens with zero attached hydrogens (tertiary/aromatic N) is 2. The van der Waals surface area contributed by atoms with Gasteiger partial charge in [0.05, 0.1) is 10.5 Å². The van der Waals surface area contributed by atoms with Crippen molar-refractivity contribution < 1.29 is 18.3 Å². The minimum Gasteiger partial charge on any atom is -0.478 e. The number of carboxylic acid groups (broad SMARTS) is 1. The maximum Gasteiger partial charge on any atom is 0.335 e. The molecule has 1 N–H and O–H groups in total. The van der Waals surface area contributed by atoms with Gasteiger partial charge < -0.3 is 10.0 Å². The standard InChI is InChI=1S/C14H20N2O4S/c1-15(10-11-16-8-2-3-9-16)21(19,20)13-6-4-12(5-7-13)14(17)18/h4-7H,2-3,8-11H2,1H3,(H,17,18). The average Bonchev–Trinajstić information content (AvgIpc) is 2.98. The Morgan fingerprint density at radius 2 is 1.81 bits per heavy atom. The Morgan fingerprint density at radius 1 is 1.24 bits per heavy atom. The lowest BCUT2D eigenvalue weighted by atomic mass is 10.2. The first kappa shape index (κ1) is 15.9. The molecule has 0 radical (unpaired) electrons. The van der Waals surface area contributed by atoms with E-state index in [-0.39, 0.29) is 10.5 Å². The van der Waals surface area contributed by atoms with Crippen molar-refractivity contribution >= 4 is 16.0 Å². The van der Waals surface area contributed by atoms with Gasteiger partial charge in [0.2, 0.25) is 10.0 Å². The Balaban J connectivity index is 2.03. The number of sulfonamides is 1. The fraction of sp³-hybridized carbons (Fsp3) is 0.500. The lowest BCUT2D eigenvalue weighted by molar-refractivity contribution is 0.0696. The summed E-state index contributed by atoms with van der Waals surface area (Å²) in [6.07, 6.45) is 2.35. The fourth-order valence-corrected chi connectivity index (χ4v) is 3.52. The van der Waals surface area contributed by atoms with Gasteiger partial charge in [0.1, 0.15) is 0 Å². The van der Waals surface area contributed by atoms with Gasteiger partial charge in [0.15, 0.2) is 0 Å². The van der Waals surface area contributed by atoms with E-state index < -0.39 is 16.0 Å². The first-order valence-corrected chi connectivity index (χ1v) is 8.37. The molecular formula is C14H20N2O4S. The highest BCUT2D eigenvalue weighted by Gasteiger charge is 2.22. The number of hydrogen-bond donors (Lipinski definition) is 1. The average molecular weight is 312 g/mol. The lowest BCUT2D eigenvalue weighted by Crippen LogP contribution is -2.35. The summed E-state index contributed by atoms with van der Waals surface area (Å²) < 4.78 is 26.1. The highest BCUT2D eigenvalue weighted by Crippen LogP contribution is 2.16. The van der Waals surface area contributed by atoms with Crippen LogP contribution in [0.1, 0.15) is 23.2 Å². The van der Waals surface area contributed by atoms with Crippen molar-refractivity contribution in [3.63, 3.8) is 0 Å². The quantitative estimate of drug-likeness (QED) is 0.851. The van der Waals surface area contributed by atoms with Crippen molar-refractivity contribution in [2.24, 2.45) is 0 Å². The first-order chi connectivity index (χ1) is 9.91. The summed E-state index contributed by atoms with van der Waals surface area (Å²) in [5, 5.41) is 8.83. The van der Waals surface area contributed by atoms with Gasteiger partial charge in [-0.1, -0.05) is 0 Å². The molecule has 116 valence electrons. The number of carbonyl (C=O) groups is 1. The number of likely N-dealkylation sites (N-methyl/N-ethyl adjacent to an activating group) is 1. The molecule has 0 bridgehead atoms. The minimum atomic E-state index is -3.56. The molecule has 1 fully saturated rings. The summed E-state index contributed by atoms with van der Waals surface area (Å²) in [5.74, 6) is -1.07. The highest BCUT2D eigenvalue weighted by atomic mass is 32.2. The van der Waals surface area contributed by atoms with Gasteiger partial charge >= 0.3 is 5.97 Å². The Kier molecular flexibility index (Phi) is 4.97. The molecule has 1 saturated heterocycles. The van der Waals surface area contributed by atoms with Crippen molar-refractivity contribution in [1.29, 1.82) is 0 Å². The van der Waals surface area contributed by atoms with E-state index in [1.807, 2.05) is 0 Å². The molecule has 0 saturated carbocycles. The van der Waals surface area contributed by atoms with Crippen molar-refractivity contribution in [3.05, 3.63) is 29.8 Å². The molecule has 1 aliphatic rings. The minimum absolute atomic E-state index is 0.0775. The third kappa shape index (κ3) is 3.81. The predicted molar refractivity (Wildman–Crippen MR) is 78.9 cm³/mol. The van der Waals surface area contributed by atoms with Gasteiger partial charge in [-0.15, -0.1) is 0 Å². The molecule has 1 aliphatic heterocycles. The topological polar surface area (TPSA) is 77.9 Å². The van der Waals surface area contributed by atoms with E-state index in [4.69, 9.17) is 5.11 Å². The largest absolute Gasteiger partial charge is 0.478 e. The smallest absolute Gasteiger partial charge is 0.335 e. The van der Waals surface area contributed by atoms with Crippen molar-refractivity contribution in [2.75, 3.05) is 33.2 Å². The Bertz CT molecular complexity index is 592. The van der Waals surface area contributed by atoms with Crippen LogP contribution in [-0.4, -0.2) is 61.9 Å². The molecule has 1 heterocycles. The predicted octanol–water partition coefficient (Wildman–Crippen LogP) is 1.10. The number of hydrogen-bond acceptors (Lipinski definition) is 4. The molecule has 1 aromatic rings. The summed E-state index contributed by atoms with van der Waals surface area (Å²) in [7, 11) is -2.01. The van der Waals surface area contributed by atoms with Crippen LogP contribution in [0.25, 0.3) is 0 Å². The van der Waals surface area contributed by atoms with E-state index >= 15 is 0 Å². The molecule has 21 heavy (non-hydrogen) atoms. The number of carboxylic acids is 1. The van der Waals surface area contributed by atoms with Crippen LogP contribution >= 0.6 is 0 Å². The van der Waals surface area contributed by atoms with Crippen LogP contribution in [0.4, 0.5) is 0 Å². The van der Waals surface area contributed by atoms with Crippen molar-refractivity contribution in [1.82, 2.24) is 9.21 Å². The van der Waals surface area contributed by atoms with Crippen LogP contribution in [-0.2, 0) is 10.0 Å². The summed E-state index contributed by atoms with van der Waals surface area (Å²) in [4.78, 5) is 13.2. The normalized spacial score (nSPS) is 16.5. The summed E-state index contributed by atoms with van der Waals surface area (Å²) in [5.41, 5.74) is 0.0775. The lowest BCUT2D eigenvalue weighted by Gasteiger charge is -2.21. The number of likely N-dealkylation sites (tertiary alicyclic amines) is 1. The van der Waals surface area contributed by atoms with Crippen LogP contribution in [0.2, 0.25) is 0 Å². The molecule has 6 nitrogen and oxygen atoms in total. The number of rotatable bonds is 6. The van der Waals surface area contributed by atoms with Gasteiger partial charge in [-0.25, -0.2) is 13.2 Å². The molecule has 0 aromatic heterocycles. The highest BCUT2D eigenvalue weighted by molar-refractivity contribution is 7.89. The third-order valence-electron chi connectivity index (χ3n) is 3.74. The molecule has 0 amide bonds. The Morgan fingerprint density at radius 3 is 2.33 bits per heavy atom. The van der Waals surface area contributed by atoms with E-state index in [2.05, 4.69) is 4.90 Å². The van der Waals surface area contributed by atoms with Gasteiger partial charge in [-0.05, 0) is 50.2 Å². The van der Waals surface area contributed by atoms with Gasteiger partial charge in [-0.3, -0.25) is 0 Å². The third-order valence-corrected chi connectivity index (χ3v) is 5.61. The number of aromatic carboxylic acids is 1. The number of benzene rings is 1. The van der Waals surface area contributed by atoms with Crippen LogP contribution in [0, 0.1) is 0 Å². The van der Waals surface area contributed by atoms with Gasteiger partial charge in [0, 0.05) is 20.1 Å². The van der Waals surface area contributed by atoms with E-state index in [1.165, 1.54) is 41.4 Å². The zero-order valence-electron chi connectivity index (χ0n) is 12.0. The van der Waals surface area contributed by atoms with Crippen LogP contribution in [0.5, 0.6) is 0 Å². The van der Waals surface area contributed by atoms with E-state index in [0.717, 1.165) is 19.6 Å². The Hall–Kier alpha value is -1.44. The van der Waals surface area contributed by atoms with Crippen LogP contribution in [0.3, 0.4) is 0 Å². The van der Waals surface area contributed by atoms with Crippen molar-refractivity contribution in [3.8, 4) is 0 Å². The summed E-state index contributed by atoms with van der Waals surface area (Å²) in [6.45, 7) is 3.22. The second-order valence-electron chi connectivity index (χ2n) is 5.20. The monoisotopic (exact) mass is 312 g/mol. The molecule has 0 aliphatic carbocycles. The SMILES string of the molecule is CN(CCN1CCCC1)S(=O)(=O)c1ccc(C(=O)O)cc1. The molecule has 0 spiro atoms. The first-order valence-electron chi connectivity index (χ1n) is 6.93. The summed E-state index contributed by atoms with van der Waals surface area (Å²) in [6, 6.07) is 5.29. The van der Waals surface area contributed by atoms with E-state index in [1.54, 1.807) is 7.05 Å². The molecule has 0 atom stereocenters. The van der Waals surface area contributed by atoms with Gasteiger partial charge in [0.25, 0.3) is 0 Å². The van der Waals surface area contributed by atoms with Crippen LogP contribution < -0.4 is 0 Å². The van der Waals surface area contributed by atoms with Crippen molar-refractivity contribution in [2.45, 2.75) is 17.7 Å². The Labute approximate surface area is 125 Å². The molecular weight excluding hydrogens is 292 g/mol. The summed E-state index contributed by atoms with van der Waals surface area (Å²) >= 11 is 0. The molecule has 1 aromatic carbocycles. The second kappa shape index (κ2) is 6.55.